The van der Waals surface area contributed by atoms with Crippen LogP contribution in [0.1, 0.15) is 25.1 Å². The summed E-state index contributed by atoms with van der Waals surface area (Å²) in [6, 6.07) is 6.97. The number of anilines is 1. The van der Waals surface area contributed by atoms with Gasteiger partial charge in [0.15, 0.2) is 5.96 Å². The Bertz CT molecular complexity index is 726. The first-order valence-corrected chi connectivity index (χ1v) is 7.24. The van der Waals surface area contributed by atoms with E-state index in [1.807, 2.05) is 32.9 Å². The highest BCUT2D eigenvalue weighted by atomic mass is 19.1. The standard InChI is InChI=1S/C17H20F2N4/c1-11-5-4-8-21-15(11)17(2,3)10-22-16(20)23-14-9-12(18)6-7-13(14)19/h4-9H,10H2,1-3H3,(H3,20,22,23). The molecule has 2 rings (SSSR count). The highest BCUT2D eigenvalue weighted by Gasteiger charge is 2.23. The number of hydrogen-bond donors (Lipinski definition) is 2. The van der Waals surface area contributed by atoms with E-state index in [0.717, 1.165) is 29.5 Å². The van der Waals surface area contributed by atoms with Crippen LogP contribution in [-0.4, -0.2) is 17.5 Å². The van der Waals surface area contributed by atoms with E-state index in [0.29, 0.717) is 6.54 Å². The van der Waals surface area contributed by atoms with Gasteiger partial charge in [0.25, 0.3) is 0 Å². The second kappa shape index (κ2) is 6.73. The van der Waals surface area contributed by atoms with Crippen LogP contribution in [0, 0.1) is 18.6 Å². The summed E-state index contributed by atoms with van der Waals surface area (Å²) in [6.45, 7) is 6.35. The lowest BCUT2D eigenvalue weighted by Crippen LogP contribution is -2.29. The summed E-state index contributed by atoms with van der Waals surface area (Å²) in [5, 5.41) is 2.58. The van der Waals surface area contributed by atoms with Crippen LogP contribution in [-0.2, 0) is 5.41 Å². The van der Waals surface area contributed by atoms with Crippen molar-refractivity contribution in [3.63, 3.8) is 0 Å². The van der Waals surface area contributed by atoms with E-state index in [9.17, 15) is 8.78 Å². The summed E-state index contributed by atoms with van der Waals surface area (Å²) >= 11 is 0. The van der Waals surface area contributed by atoms with E-state index < -0.39 is 11.6 Å². The molecule has 23 heavy (non-hydrogen) atoms. The molecule has 0 fully saturated rings. The van der Waals surface area contributed by atoms with E-state index in [-0.39, 0.29) is 17.1 Å². The first kappa shape index (κ1) is 16.9. The smallest absolute Gasteiger partial charge is 0.193 e. The highest BCUT2D eigenvalue weighted by Crippen LogP contribution is 2.24. The molecule has 0 spiro atoms. The minimum Gasteiger partial charge on any atom is -0.370 e. The maximum atomic E-state index is 13.6. The monoisotopic (exact) mass is 318 g/mol. The normalized spacial score (nSPS) is 12.3. The van der Waals surface area contributed by atoms with Gasteiger partial charge in [-0.15, -0.1) is 0 Å². The van der Waals surface area contributed by atoms with Crippen molar-refractivity contribution in [1.29, 1.82) is 0 Å². The van der Waals surface area contributed by atoms with Crippen LogP contribution >= 0.6 is 0 Å². The molecular formula is C17H20F2N4. The maximum absolute atomic E-state index is 13.6. The van der Waals surface area contributed by atoms with Crippen LogP contribution in [0.15, 0.2) is 41.5 Å². The Morgan fingerprint density at radius 3 is 2.74 bits per heavy atom. The van der Waals surface area contributed by atoms with Gasteiger partial charge in [-0.05, 0) is 30.7 Å². The molecule has 1 aromatic heterocycles. The molecule has 0 saturated carbocycles. The molecule has 0 aliphatic carbocycles. The summed E-state index contributed by atoms with van der Waals surface area (Å²) in [6.07, 6.45) is 1.73. The summed E-state index contributed by atoms with van der Waals surface area (Å²) in [4.78, 5) is 8.63. The number of halogens is 2. The van der Waals surface area contributed by atoms with E-state index in [1.165, 1.54) is 0 Å². The molecule has 4 nitrogen and oxygen atoms in total. The molecule has 1 aromatic carbocycles. The Morgan fingerprint density at radius 1 is 1.30 bits per heavy atom. The quantitative estimate of drug-likeness (QED) is 0.671. The van der Waals surface area contributed by atoms with Crippen LogP contribution in [0.2, 0.25) is 0 Å². The molecular weight excluding hydrogens is 298 g/mol. The largest absolute Gasteiger partial charge is 0.370 e. The number of aromatic nitrogens is 1. The SMILES string of the molecule is Cc1cccnc1C(C)(C)CN=C(N)Nc1cc(F)ccc1F. The highest BCUT2D eigenvalue weighted by molar-refractivity contribution is 5.92. The van der Waals surface area contributed by atoms with Crippen molar-refractivity contribution in [2.45, 2.75) is 26.2 Å². The molecule has 0 saturated heterocycles. The van der Waals surface area contributed by atoms with Crippen LogP contribution in [0.4, 0.5) is 14.5 Å². The van der Waals surface area contributed by atoms with E-state index >= 15 is 0 Å². The second-order valence-electron chi connectivity index (χ2n) is 6.00. The van der Waals surface area contributed by atoms with Gasteiger partial charge in [-0.2, -0.15) is 0 Å². The van der Waals surface area contributed by atoms with Crippen LogP contribution < -0.4 is 11.1 Å². The Morgan fingerprint density at radius 2 is 2.04 bits per heavy atom. The lowest BCUT2D eigenvalue weighted by molar-refractivity contribution is 0.519. The Kier molecular flexibility index (Phi) is 4.93. The minimum atomic E-state index is -0.593. The molecule has 0 amide bonds. The molecule has 3 N–H and O–H groups in total. The number of benzene rings is 1. The zero-order valence-corrected chi connectivity index (χ0v) is 13.4. The number of nitrogens with two attached hydrogens (primary N) is 1. The number of nitrogens with one attached hydrogen (secondary N) is 1. The molecule has 122 valence electrons. The van der Waals surface area contributed by atoms with Crippen LogP contribution in [0.25, 0.3) is 0 Å². The third-order valence-electron chi connectivity index (χ3n) is 3.49. The van der Waals surface area contributed by atoms with E-state index in [4.69, 9.17) is 5.73 Å². The Hall–Kier alpha value is -2.50. The number of hydrogen-bond acceptors (Lipinski definition) is 2. The molecule has 0 bridgehead atoms. The number of pyridine rings is 1. The Balaban J connectivity index is 2.12. The fraction of sp³-hybridized carbons (Fsp3) is 0.294. The third kappa shape index (κ3) is 4.25. The molecule has 2 aromatic rings. The predicted octanol–water partition coefficient (Wildman–Crippen LogP) is 3.37. The molecule has 0 radical (unpaired) electrons. The third-order valence-corrected chi connectivity index (χ3v) is 3.49. The molecule has 6 heteroatoms. The van der Waals surface area contributed by atoms with Gasteiger partial charge in [0.2, 0.25) is 0 Å². The minimum absolute atomic E-state index is 0.0242. The van der Waals surface area contributed by atoms with Gasteiger partial charge in [0.05, 0.1) is 17.9 Å². The lowest BCUT2D eigenvalue weighted by Gasteiger charge is -2.23. The van der Waals surface area contributed by atoms with Gasteiger partial charge >= 0.3 is 0 Å². The zero-order chi connectivity index (χ0) is 17.0. The van der Waals surface area contributed by atoms with Crippen LogP contribution in [0.5, 0.6) is 0 Å². The van der Waals surface area contributed by atoms with Gasteiger partial charge < -0.3 is 11.1 Å². The first-order chi connectivity index (χ1) is 10.8. The Labute approximate surface area is 134 Å². The fourth-order valence-electron chi connectivity index (χ4n) is 2.32. The second-order valence-corrected chi connectivity index (χ2v) is 6.00. The van der Waals surface area contributed by atoms with Gasteiger partial charge in [-0.1, -0.05) is 19.9 Å². The van der Waals surface area contributed by atoms with Crippen molar-refractivity contribution < 1.29 is 8.78 Å². The van der Waals surface area contributed by atoms with Gasteiger partial charge in [-0.3, -0.25) is 9.98 Å². The van der Waals surface area contributed by atoms with Crippen molar-refractivity contribution >= 4 is 11.6 Å². The molecule has 0 atom stereocenters. The number of guanidine groups is 1. The number of rotatable bonds is 4. The van der Waals surface area contributed by atoms with Gasteiger partial charge in [-0.25, -0.2) is 8.78 Å². The zero-order valence-electron chi connectivity index (χ0n) is 13.4. The molecule has 0 aliphatic rings. The van der Waals surface area contributed by atoms with Crippen molar-refractivity contribution in [2.75, 3.05) is 11.9 Å². The number of nitrogens with zero attached hydrogens (tertiary/aromatic N) is 2. The van der Waals surface area contributed by atoms with Crippen molar-refractivity contribution in [2.24, 2.45) is 10.7 Å². The summed E-state index contributed by atoms with van der Waals surface area (Å²) < 4.78 is 26.7. The number of aliphatic imine (C=N–C) groups is 1. The fourth-order valence-corrected chi connectivity index (χ4v) is 2.32. The average Bonchev–Trinajstić information content (AvgIpc) is 2.49. The molecule has 0 unspecified atom stereocenters. The molecule has 1 heterocycles. The summed E-state index contributed by atoms with van der Waals surface area (Å²) in [7, 11) is 0. The summed E-state index contributed by atoms with van der Waals surface area (Å²) in [5.74, 6) is -1.12. The van der Waals surface area contributed by atoms with Crippen molar-refractivity contribution in [3.05, 3.63) is 59.4 Å². The van der Waals surface area contributed by atoms with Gasteiger partial charge in [0.1, 0.15) is 11.6 Å². The average molecular weight is 318 g/mol. The van der Waals surface area contributed by atoms with Gasteiger partial charge in [0, 0.05) is 17.7 Å². The van der Waals surface area contributed by atoms with Crippen LogP contribution in [0.3, 0.4) is 0 Å². The predicted molar refractivity (Wildman–Crippen MR) is 88.5 cm³/mol. The topological polar surface area (TPSA) is 63.3 Å². The van der Waals surface area contributed by atoms with Crippen molar-refractivity contribution in [3.8, 4) is 0 Å². The number of aryl methyl sites for hydroxylation is 1. The first-order valence-electron chi connectivity index (χ1n) is 7.24. The van der Waals surface area contributed by atoms with Crippen molar-refractivity contribution in [1.82, 2.24) is 4.98 Å². The molecule has 0 aliphatic heterocycles. The van der Waals surface area contributed by atoms with E-state index in [1.54, 1.807) is 6.20 Å². The maximum Gasteiger partial charge on any atom is 0.193 e. The summed E-state index contributed by atoms with van der Waals surface area (Å²) in [5.41, 5.74) is 7.39. The lowest BCUT2D eigenvalue weighted by atomic mass is 9.86. The van der Waals surface area contributed by atoms with E-state index in [2.05, 4.69) is 15.3 Å².